The van der Waals surface area contributed by atoms with E-state index in [1.54, 1.807) is 6.20 Å². The summed E-state index contributed by atoms with van der Waals surface area (Å²) < 4.78 is 0. The van der Waals surface area contributed by atoms with E-state index in [0.29, 0.717) is 12.2 Å². The molecule has 2 aromatic rings. The van der Waals surface area contributed by atoms with Crippen LogP contribution in [0.3, 0.4) is 0 Å². The van der Waals surface area contributed by atoms with Crippen LogP contribution in [0.15, 0.2) is 42.7 Å². The maximum atomic E-state index is 11.1. The number of pyridine rings is 1. The van der Waals surface area contributed by atoms with Gasteiger partial charge in [0.05, 0.1) is 11.1 Å². The van der Waals surface area contributed by atoms with Crippen molar-refractivity contribution in [2.75, 3.05) is 11.4 Å². The molecule has 3 rings (SSSR count). The van der Waals surface area contributed by atoms with Crippen molar-refractivity contribution in [3.8, 4) is 0 Å². The molecule has 1 aliphatic heterocycles. The highest BCUT2D eigenvalue weighted by Crippen LogP contribution is 2.30. The maximum Gasteiger partial charge on any atom is 0.295 e. The average Bonchev–Trinajstić information content (AvgIpc) is 2.46. The zero-order valence-electron chi connectivity index (χ0n) is 10.3. The molecule has 0 radical (unpaired) electrons. The molecular formula is C14H13N3O2. The molecule has 19 heavy (non-hydrogen) atoms. The van der Waals surface area contributed by atoms with Gasteiger partial charge in [-0.05, 0) is 17.5 Å². The molecule has 0 saturated heterocycles. The Morgan fingerprint density at radius 3 is 2.79 bits per heavy atom. The molecule has 0 unspecified atom stereocenters. The summed E-state index contributed by atoms with van der Waals surface area (Å²) in [5.74, 6) is 0. The number of hydrogen-bond acceptors (Lipinski definition) is 4. The van der Waals surface area contributed by atoms with Gasteiger partial charge in [0.25, 0.3) is 5.69 Å². The molecule has 2 heterocycles. The van der Waals surface area contributed by atoms with Crippen LogP contribution in [0.1, 0.15) is 11.1 Å². The van der Waals surface area contributed by atoms with Gasteiger partial charge in [-0.3, -0.25) is 15.1 Å². The van der Waals surface area contributed by atoms with Gasteiger partial charge >= 0.3 is 0 Å². The highest BCUT2D eigenvalue weighted by Gasteiger charge is 2.23. The molecule has 5 heteroatoms. The zero-order chi connectivity index (χ0) is 13.2. The first kappa shape index (κ1) is 11.6. The van der Waals surface area contributed by atoms with Crippen LogP contribution in [0.2, 0.25) is 0 Å². The lowest BCUT2D eigenvalue weighted by Crippen LogP contribution is -2.30. The smallest absolute Gasteiger partial charge is 0.295 e. The Hall–Kier alpha value is -2.43. The van der Waals surface area contributed by atoms with Crippen molar-refractivity contribution < 1.29 is 4.92 Å². The van der Waals surface area contributed by atoms with Crippen molar-refractivity contribution >= 4 is 11.4 Å². The minimum absolute atomic E-state index is 0.120. The van der Waals surface area contributed by atoms with Gasteiger partial charge < -0.3 is 4.90 Å². The zero-order valence-corrected chi connectivity index (χ0v) is 10.3. The topological polar surface area (TPSA) is 59.3 Å². The molecule has 0 aliphatic carbocycles. The third kappa shape index (κ3) is 2.14. The Kier molecular flexibility index (Phi) is 2.87. The van der Waals surface area contributed by atoms with E-state index in [1.807, 2.05) is 17.0 Å². The number of anilines is 1. The standard InChI is InChI=1S/C14H13N3O2/c18-17(19)13-5-7-15-9-14(13)16-8-6-11-3-1-2-4-12(11)10-16/h1-5,7,9H,6,8,10H2. The number of fused-ring (bicyclic) bond motifs is 1. The van der Waals surface area contributed by atoms with E-state index in [9.17, 15) is 10.1 Å². The minimum Gasteiger partial charge on any atom is -0.360 e. The molecule has 0 saturated carbocycles. The van der Waals surface area contributed by atoms with Gasteiger partial charge in [0, 0.05) is 25.4 Å². The molecule has 0 fully saturated rings. The normalized spacial score (nSPS) is 14.0. The highest BCUT2D eigenvalue weighted by atomic mass is 16.6. The van der Waals surface area contributed by atoms with Crippen LogP contribution >= 0.6 is 0 Å². The van der Waals surface area contributed by atoms with Crippen molar-refractivity contribution in [3.05, 3.63) is 64.0 Å². The fraction of sp³-hybridized carbons (Fsp3) is 0.214. The summed E-state index contributed by atoms with van der Waals surface area (Å²) >= 11 is 0. The number of nitrogens with zero attached hydrogens (tertiary/aromatic N) is 3. The van der Waals surface area contributed by atoms with Gasteiger partial charge in [-0.15, -0.1) is 0 Å². The van der Waals surface area contributed by atoms with Crippen LogP contribution in [0.4, 0.5) is 11.4 Å². The number of aromatic nitrogens is 1. The first-order chi connectivity index (χ1) is 9.25. The SMILES string of the molecule is O=[N+]([O-])c1ccncc1N1CCc2ccccc2C1. The van der Waals surface area contributed by atoms with E-state index < -0.39 is 0 Å². The average molecular weight is 255 g/mol. The van der Waals surface area contributed by atoms with Crippen LogP contribution < -0.4 is 4.90 Å². The molecular weight excluding hydrogens is 242 g/mol. The molecule has 1 aromatic carbocycles. The number of rotatable bonds is 2. The second-order valence-electron chi connectivity index (χ2n) is 4.56. The van der Waals surface area contributed by atoms with Gasteiger partial charge in [0.2, 0.25) is 0 Å². The molecule has 5 nitrogen and oxygen atoms in total. The lowest BCUT2D eigenvalue weighted by Gasteiger charge is -2.29. The Balaban J connectivity index is 1.95. The van der Waals surface area contributed by atoms with E-state index in [0.717, 1.165) is 13.0 Å². The quantitative estimate of drug-likeness (QED) is 0.611. The molecule has 0 bridgehead atoms. The number of benzene rings is 1. The van der Waals surface area contributed by atoms with Crippen molar-refractivity contribution in [2.45, 2.75) is 13.0 Å². The van der Waals surface area contributed by atoms with Crippen LogP contribution in [-0.2, 0) is 13.0 Å². The predicted octanol–water partition coefficient (Wildman–Crippen LogP) is 2.55. The minimum atomic E-state index is -0.350. The van der Waals surface area contributed by atoms with Gasteiger partial charge in [-0.1, -0.05) is 24.3 Å². The lowest BCUT2D eigenvalue weighted by molar-refractivity contribution is -0.384. The summed E-state index contributed by atoms with van der Waals surface area (Å²) in [6.45, 7) is 1.48. The summed E-state index contributed by atoms with van der Waals surface area (Å²) in [4.78, 5) is 16.7. The van der Waals surface area contributed by atoms with E-state index in [-0.39, 0.29) is 10.6 Å². The molecule has 0 spiro atoms. The fourth-order valence-corrected chi connectivity index (χ4v) is 2.48. The Bertz CT molecular complexity index is 628. The molecule has 0 atom stereocenters. The molecule has 96 valence electrons. The van der Waals surface area contributed by atoms with Crippen LogP contribution in [0.5, 0.6) is 0 Å². The van der Waals surface area contributed by atoms with E-state index in [1.165, 1.54) is 23.4 Å². The molecule has 0 N–H and O–H groups in total. The largest absolute Gasteiger partial charge is 0.360 e. The van der Waals surface area contributed by atoms with E-state index >= 15 is 0 Å². The fourth-order valence-electron chi connectivity index (χ4n) is 2.48. The van der Waals surface area contributed by atoms with Gasteiger partial charge in [-0.25, -0.2) is 0 Å². The molecule has 1 aliphatic rings. The maximum absolute atomic E-state index is 11.1. The van der Waals surface area contributed by atoms with Crippen molar-refractivity contribution in [2.24, 2.45) is 0 Å². The van der Waals surface area contributed by atoms with Gasteiger partial charge in [0.15, 0.2) is 0 Å². The monoisotopic (exact) mass is 255 g/mol. The summed E-state index contributed by atoms with van der Waals surface area (Å²) in [5, 5.41) is 11.1. The van der Waals surface area contributed by atoms with E-state index in [2.05, 4.69) is 17.1 Å². The van der Waals surface area contributed by atoms with Crippen LogP contribution in [-0.4, -0.2) is 16.5 Å². The Morgan fingerprint density at radius 1 is 1.21 bits per heavy atom. The predicted molar refractivity (Wildman–Crippen MR) is 72.1 cm³/mol. The number of nitro groups is 1. The summed E-state index contributed by atoms with van der Waals surface area (Å²) in [5.41, 5.74) is 3.27. The van der Waals surface area contributed by atoms with Crippen molar-refractivity contribution in [1.82, 2.24) is 4.98 Å². The van der Waals surface area contributed by atoms with Crippen molar-refractivity contribution in [1.29, 1.82) is 0 Å². The molecule has 1 aromatic heterocycles. The first-order valence-corrected chi connectivity index (χ1v) is 6.16. The van der Waals surface area contributed by atoms with E-state index in [4.69, 9.17) is 0 Å². The Morgan fingerprint density at radius 2 is 2.00 bits per heavy atom. The van der Waals surface area contributed by atoms with Crippen molar-refractivity contribution in [3.63, 3.8) is 0 Å². The van der Waals surface area contributed by atoms with Crippen LogP contribution in [0, 0.1) is 10.1 Å². The van der Waals surface area contributed by atoms with Gasteiger partial charge in [0.1, 0.15) is 5.69 Å². The summed E-state index contributed by atoms with van der Waals surface area (Å²) in [6.07, 6.45) is 3.94. The van der Waals surface area contributed by atoms with Crippen LogP contribution in [0.25, 0.3) is 0 Å². The second kappa shape index (κ2) is 4.68. The highest BCUT2D eigenvalue weighted by molar-refractivity contribution is 5.62. The third-order valence-electron chi connectivity index (χ3n) is 3.45. The summed E-state index contributed by atoms with van der Waals surface area (Å²) in [7, 11) is 0. The third-order valence-corrected chi connectivity index (χ3v) is 3.45. The van der Waals surface area contributed by atoms with Gasteiger partial charge in [-0.2, -0.15) is 0 Å². The summed E-state index contributed by atoms with van der Waals surface area (Å²) in [6, 6.07) is 9.67. The molecule has 0 amide bonds. The first-order valence-electron chi connectivity index (χ1n) is 6.16. The second-order valence-corrected chi connectivity index (χ2v) is 4.56. The number of hydrogen-bond donors (Lipinski definition) is 0. The lowest BCUT2D eigenvalue weighted by atomic mass is 9.99. The Labute approximate surface area is 110 Å².